The maximum Gasteiger partial charge on any atom is 0.410 e. The third-order valence-corrected chi connectivity index (χ3v) is 3.72. The average Bonchev–Trinajstić information content (AvgIpc) is 2.91. The van der Waals surface area contributed by atoms with E-state index in [-0.39, 0.29) is 5.91 Å². The molecule has 0 aliphatic carbocycles. The van der Waals surface area contributed by atoms with Crippen molar-refractivity contribution < 1.29 is 14.3 Å². The smallest absolute Gasteiger partial charge is 0.410 e. The molecule has 5 nitrogen and oxygen atoms in total. The van der Waals surface area contributed by atoms with E-state index in [1.54, 1.807) is 18.2 Å². The van der Waals surface area contributed by atoms with Crippen LogP contribution in [0.25, 0.3) is 0 Å². The average molecular weight is 317 g/mol. The topological polar surface area (TPSA) is 58.6 Å². The lowest BCUT2D eigenvalue weighted by molar-refractivity contribution is -0.119. The fourth-order valence-electron chi connectivity index (χ4n) is 2.18. The number of ether oxygens (including phenoxy) is 1. The van der Waals surface area contributed by atoms with E-state index in [9.17, 15) is 9.59 Å². The van der Waals surface area contributed by atoms with Crippen molar-refractivity contribution in [1.29, 1.82) is 0 Å². The second-order valence-corrected chi connectivity index (χ2v) is 5.28. The van der Waals surface area contributed by atoms with E-state index in [4.69, 9.17) is 23.2 Å². The Balaban J connectivity index is 2.11. The number of nitrogens with zero attached hydrogens (tertiary/aromatic N) is 1. The first-order valence-electron chi connectivity index (χ1n) is 6.13. The normalized spacial score (nSPS) is 17.9. The molecular formula is C13H14Cl2N2O3. The highest BCUT2D eigenvalue weighted by Gasteiger charge is 2.34. The van der Waals surface area contributed by atoms with E-state index in [2.05, 4.69) is 10.1 Å². The molecular weight excluding hydrogens is 303 g/mol. The van der Waals surface area contributed by atoms with Crippen LogP contribution in [0.3, 0.4) is 0 Å². The van der Waals surface area contributed by atoms with Crippen LogP contribution in [0.4, 0.5) is 10.5 Å². The summed E-state index contributed by atoms with van der Waals surface area (Å²) in [5.41, 5.74) is 0.431. The van der Waals surface area contributed by atoms with Crippen LogP contribution in [0.15, 0.2) is 18.2 Å². The van der Waals surface area contributed by atoms with E-state index in [1.165, 1.54) is 12.0 Å². The summed E-state index contributed by atoms with van der Waals surface area (Å²) < 4.78 is 4.67. The van der Waals surface area contributed by atoms with E-state index in [0.29, 0.717) is 28.7 Å². The van der Waals surface area contributed by atoms with Crippen LogP contribution in [-0.2, 0) is 9.53 Å². The Morgan fingerprint density at radius 3 is 2.85 bits per heavy atom. The molecule has 1 aliphatic rings. The molecule has 0 radical (unpaired) electrons. The number of hydrogen-bond donors (Lipinski definition) is 1. The van der Waals surface area contributed by atoms with Gasteiger partial charge in [-0.05, 0) is 31.0 Å². The third-order valence-electron chi connectivity index (χ3n) is 3.15. The van der Waals surface area contributed by atoms with Crippen LogP contribution in [0.1, 0.15) is 12.8 Å². The molecule has 2 amide bonds. The summed E-state index contributed by atoms with van der Waals surface area (Å²) >= 11 is 11.9. The number of rotatable bonds is 2. The summed E-state index contributed by atoms with van der Waals surface area (Å²) in [6.07, 6.45) is 0.857. The fraction of sp³-hybridized carbons (Fsp3) is 0.385. The second-order valence-electron chi connectivity index (χ2n) is 4.43. The highest BCUT2D eigenvalue weighted by molar-refractivity contribution is 6.35. The molecule has 1 aliphatic heterocycles. The summed E-state index contributed by atoms with van der Waals surface area (Å²) in [6.45, 7) is 0.508. The molecule has 0 aromatic heterocycles. The van der Waals surface area contributed by atoms with E-state index >= 15 is 0 Å². The summed E-state index contributed by atoms with van der Waals surface area (Å²) in [5, 5.41) is 3.56. The number of anilines is 1. The molecule has 2 rings (SSSR count). The molecule has 1 N–H and O–H groups in total. The van der Waals surface area contributed by atoms with Crippen LogP contribution in [0.2, 0.25) is 10.0 Å². The summed E-state index contributed by atoms with van der Waals surface area (Å²) in [4.78, 5) is 25.2. The van der Waals surface area contributed by atoms with Gasteiger partial charge < -0.3 is 10.1 Å². The molecule has 0 spiro atoms. The van der Waals surface area contributed by atoms with Crippen LogP contribution >= 0.6 is 23.2 Å². The van der Waals surface area contributed by atoms with Gasteiger partial charge in [0, 0.05) is 11.6 Å². The summed E-state index contributed by atoms with van der Waals surface area (Å²) in [7, 11) is 1.30. The van der Waals surface area contributed by atoms with Gasteiger partial charge >= 0.3 is 6.09 Å². The molecule has 1 fully saturated rings. The van der Waals surface area contributed by atoms with Gasteiger partial charge in [-0.2, -0.15) is 0 Å². The minimum atomic E-state index is -0.544. The number of amides is 2. The maximum atomic E-state index is 12.2. The SMILES string of the molecule is COC(=O)N1CCCC1C(=O)Nc1cc(Cl)ccc1Cl. The van der Waals surface area contributed by atoms with Crippen LogP contribution in [0, 0.1) is 0 Å². The second kappa shape index (κ2) is 6.33. The van der Waals surface area contributed by atoms with Crippen LogP contribution in [-0.4, -0.2) is 36.6 Å². The number of halogens is 2. The molecule has 1 atom stereocenters. The minimum Gasteiger partial charge on any atom is -0.453 e. The van der Waals surface area contributed by atoms with Gasteiger partial charge in [-0.1, -0.05) is 23.2 Å². The van der Waals surface area contributed by atoms with Gasteiger partial charge in [0.15, 0.2) is 0 Å². The zero-order valence-corrected chi connectivity index (χ0v) is 12.4. The van der Waals surface area contributed by atoms with Crippen molar-refractivity contribution in [2.75, 3.05) is 19.0 Å². The third kappa shape index (κ3) is 3.16. The molecule has 108 valence electrons. The lowest BCUT2D eigenvalue weighted by atomic mass is 10.2. The van der Waals surface area contributed by atoms with Crippen molar-refractivity contribution in [3.05, 3.63) is 28.2 Å². The van der Waals surface area contributed by atoms with Gasteiger partial charge in [0.2, 0.25) is 5.91 Å². The maximum absolute atomic E-state index is 12.2. The van der Waals surface area contributed by atoms with E-state index in [1.807, 2.05) is 0 Å². The van der Waals surface area contributed by atoms with Gasteiger partial charge in [0.25, 0.3) is 0 Å². The Labute approximate surface area is 126 Å². The molecule has 7 heteroatoms. The molecule has 1 unspecified atom stereocenters. The highest BCUT2D eigenvalue weighted by atomic mass is 35.5. The van der Waals surface area contributed by atoms with E-state index < -0.39 is 12.1 Å². The number of benzene rings is 1. The van der Waals surface area contributed by atoms with Crippen molar-refractivity contribution in [1.82, 2.24) is 4.90 Å². The Hall–Kier alpha value is -1.46. The predicted octanol–water partition coefficient (Wildman–Crippen LogP) is 3.16. The van der Waals surface area contributed by atoms with E-state index in [0.717, 1.165) is 6.42 Å². The standard InChI is InChI=1S/C13H14Cl2N2O3/c1-20-13(19)17-6-2-3-11(17)12(18)16-10-7-8(14)4-5-9(10)15/h4-5,7,11H,2-3,6H2,1H3,(H,16,18). The van der Waals surface area contributed by atoms with Crippen LogP contribution in [0.5, 0.6) is 0 Å². The highest BCUT2D eigenvalue weighted by Crippen LogP contribution is 2.27. The first-order chi connectivity index (χ1) is 9.52. The Kier molecular flexibility index (Phi) is 4.73. The molecule has 0 saturated carbocycles. The van der Waals surface area contributed by atoms with Crippen LogP contribution < -0.4 is 5.32 Å². The number of carbonyl (C=O) groups excluding carboxylic acids is 2. The zero-order valence-electron chi connectivity index (χ0n) is 10.9. The van der Waals surface area contributed by atoms with Crippen molar-refractivity contribution in [3.8, 4) is 0 Å². The van der Waals surface area contributed by atoms with Gasteiger partial charge in [0.05, 0.1) is 17.8 Å². The number of methoxy groups -OCH3 is 1. The predicted molar refractivity (Wildman–Crippen MR) is 77.2 cm³/mol. The van der Waals surface area contributed by atoms with Crippen molar-refractivity contribution in [3.63, 3.8) is 0 Å². The van der Waals surface area contributed by atoms with Gasteiger partial charge in [-0.3, -0.25) is 9.69 Å². The Bertz CT molecular complexity index is 536. The van der Waals surface area contributed by atoms with Crippen molar-refractivity contribution in [2.45, 2.75) is 18.9 Å². The number of carbonyl (C=O) groups is 2. The lowest BCUT2D eigenvalue weighted by Gasteiger charge is -2.22. The minimum absolute atomic E-state index is 0.294. The number of nitrogens with one attached hydrogen (secondary N) is 1. The Morgan fingerprint density at radius 1 is 1.40 bits per heavy atom. The molecule has 20 heavy (non-hydrogen) atoms. The quantitative estimate of drug-likeness (QED) is 0.911. The number of hydrogen-bond acceptors (Lipinski definition) is 3. The monoisotopic (exact) mass is 316 g/mol. The largest absolute Gasteiger partial charge is 0.453 e. The summed E-state index contributed by atoms with van der Waals surface area (Å²) in [6, 6.07) is 4.26. The summed E-state index contributed by atoms with van der Waals surface area (Å²) in [5.74, 6) is -0.294. The molecule has 1 aromatic rings. The molecule has 1 aromatic carbocycles. The molecule has 1 heterocycles. The number of likely N-dealkylation sites (tertiary alicyclic amines) is 1. The van der Waals surface area contributed by atoms with Gasteiger partial charge in [-0.15, -0.1) is 0 Å². The lowest BCUT2D eigenvalue weighted by Crippen LogP contribution is -2.43. The van der Waals surface area contributed by atoms with Gasteiger partial charge in [0.1, 0.15) is 6.04 Å². The molecule has 1 saturated heterocycles. The van der Waals surface area contributed by atoms with Gasteiger partial charge in [-0.25, -0.2) is 4.79 Å². The van der Waals surface area contributed by atoms with Crippen molar-refractivity contribution >= 4 is 40.9 Å². The first kappa shape index (κ1) is 14.9. The first-order valence-corrected chi connectivity index (χ1v) is 6.89. The van der Waals surface area contributed by atoms with Crippen molar-refractivity contribution in [2.24, 2.45) is 0 Å². The molecule has 0 bridgehead atoms. The zero-order chi connectivity index (χ0) is 14.7. The Morgan fingerprint density at radius 2 is 2.15 bits per heavy atom. The fourth-order valence-corrected chi connectivity index (χ4v) is 2.52.